The number of nitrogens with one attached hydrogen (secondary N) is 1. The first kappa shape index (κ1) is 17.5. The second-order valence-electron chi connectivity index (χ2n) is 4.98. The molecule has 0 spiro atoms. The van der Waals surface area contributed by atoms with E-state index in [-0.39, 0.29) is 15.7 Å². The lowest BCUT2D eigenvalue weighted by atomic mass is 10.3. The minimum atomic E-state index is -3.63. The summed E-state index contributed by atoms with van der Waals surface area (Å²) in [6.07, 6.45) is 1.92. The third kappa shape index (κ3) is 4.13. The van der Waals surface area contributed by atoms with Gasteiger partial charge in [0.2, 0.25) is 15.7 Å². The van der Waals surface area contributed by atoms with Crippen molar-refractivity contribution in [3.63, 3.8) is 0 Å². The summed E-state index contributed by atoms with van der Waals surface area (Å²) in [4.78, 5) is 12.9. The Morgan fingerprint density at radius 1 is 1.13 bits per heavy atom. The Kier molecular flexibility index (Phi) is 5.46. The van der Waals surface area contributed by atoms with Crippen LogP contribution in [0.2, 0.25) is 0 Å². The summed E-state index contributed by atoms with van der Waals surface area (Å²) in [6.45, 7) is 1.56. The molecule has 1 unspecified atom stereocenters. The summed E-state index contributed by atoms with van der Waals surface area (Å²) in [5, 5.41) is 2.59. The zero-order valence-corrected chi connectivity index (χ0v) is 14.4. The molecular formula is C16H18N2O3S2. The summed E-state index contributed by atoms with van der Waals surface area (Å²) in [5.74, 6) is -0.371. The van der Waals surface area contributed by atoms with Crippen LogP contribution in [0.3, 0.4) is 0 Å². The van der Waals surface area contributed by atoms with Crippen LogP contribution in [0.5, 0.6) is 0 Å². The van der Waals surface area contributed by atoms with Crippen molar-refractivity contribution in [1.82, 2.24) is 0 Å². The quantitative estimate of drug-likeness (QED) is 0.809. The molecule has 2 rings (SSSR count). The smallest absolute Gasteiger partial charge is 0.240 e. The molecule has 5 nitrogen and oxygen atoms in total. The molecule has 3 N–H and O–H groups in total. The molecule has 0 saturated carbocycles. The molecular weight excluding hydrogens is 332 g/mol. The standard InChI is InChI=1S/C16H18N2O3S2/c1-11(17)16(19)18-12-4-3-5-15(10-12)23(20,21)14-8-6-13(22-2)7-9-14/h3-11H,17H2,1-2H3,(H,18,19). The fourth-order valence-corrected chi connectivity index (χ4v) is 3.60. The summed E-state index contributed by atoms with van der Waals surface area (Å²) in [7, 11) is -3.63. The van der Waals surface area contributed by atoms with Gasteiger partial charge in [-0.2, -0.15) is 0 Å². The highest BCUT2D eigenvalue weighted by Gasteiger charge is 2.18. The van der Waals surface area contributed by atoms with Crippen molar-refractivity contribution in [3.8, 4) is 0 Å². The Labute approximate surface area is 140 Å². The molecule has 2 aromatic carbocycles. The number of nitrogens with two attached hydrogens (primary N) is 1. The van der Waals surface area contributed by atoms with Gasteiger partial charge < -0.3 is 11.1 Å². The number of carbonyl (C=O) groups excluding carboxylic acids is 1. The van der Waals surface area contributed by atoms with E-state index in [0.717, 1.165) is 4.90 Å². The van der Waals surface area contributed by atoms with Gasteiger partial charge in [-0.1, -0.05) is 6.07 Å². The average molecular weight is 350 g/mol. The van der Waals surface area contributed by atoms with Crippen molar-refractivity contribution >= 4 is 33.2 Å². The molecule has 0 aliphatic carbocycles. The third-order valence-electron chi connectivity index (χ3n) is 3.20. The van der Waals surface area contributed by atoms with Crippen molar-refractivity contribution in [1.29, 1.82) is 0 Å². The lowest BCUT2D eigenvalue weighted by Gasteiger charge is -2.10. The van der Waals surface area contributed by atoms with Crippen molar-refractivity contribution in [2.45, 2.75) is 27.7 Å². The van der Waals surface area contributed by atoms with Crippen molar-refractivity contribution in [3.05, 3.63) is 48.5 Å². The largest absolute Gasteiger partial charge is 0.325 e. The lowest BCUT2D eigenvalue weighted by Crippen LogP contribution is -2.32. The predicted molar refractivity (Wildman–Crippen MR) is 92.4 cm³/mol. The van der Waals surface area contributed by atoms with Gasteiger partial charge in [0, 0.05) is 10.6 Å². The molecule has 7 heteroatoms. The molecule has 1 amide bonds. The molecule has 0 radical (unpaired) electrons. The second-order valence-corrected chi connectivity index (χ2v) is 7.81. The second kappa shape index (κ2) is 7.16. The maximum Gasteiger partial charge on any atom is 0.240 e. The van der Waals surface area contributed by atoms with Crippen molar-refractivity contribution in [2.24, 2.45) is 5.73 Å². The van der Waals surface area contributed by atoms with Gasteiger partial charge >= 0.3 is 0 Å². The maximum absolute atomic E-state index is 12.7. The molecule has 0 aromatic heterocycles. The first-order valence-corrected chi connectivity index (χ1v) is 9.61. The first-order valence-electron chi connectivity index (χ1n) is 6.90. The number of amides is 1. The highest BCUT2D eigenvalue weighted by atomic mass is 32.2. The van der Waals surface area contributed by atoms with Crippen LogP contribution in [0.1, 0.15) is 6.92 Å². The summed E-state index contributed by atoms with van der Waals surface area (Å²) >= 11 is 1.54. The number of sulfone groups is 1. The predicted octanol–water partition coefficient (Wildman–Crippen LogP) is 2.53. The van der Waals surface area contributed by atoms with E-state index >= 15 is 0 Å². The topological polar surface area (TPSA) is 89.3 Å². The van der Waals surface area contributed by atoms with Gasteiger partial charge in [-0.05, 0) is 55.6 Å². The van der Waals surface area contributed by atoms with E-state index in [1.807, 2.05) is 6.26 Å². The molecule has 2 aromatic rings. The number of rotatable bonds is 5. The monoisotopic (exact) mass is 350 g/mol. The first-order chi connectivity index (χ1) is 10.8. The minimum Gasteiger partial charge on any atom is -0.325 e. The Morgan fingerprint density at radius 2 is 1.78 bits per heavy atom. The maximum atomic E-state index is 12.7. The average Bonchev–Trinajstić information content (AvgIpc) is 2.55. The van der Waals surface area contributed by atoms with Crippen LogP contribution in [-0.2, 0) is 14.6 Å². The Hall–Kier alpha value is -1.83. The van der Waals surface area contributed by atoms with Crippen LogP contribution < -0.4 is 11.1 Å². The lowest BCUT2D eigenvalue weighted by molar-refractivity contribution is -0.117. The normalized spacial score (nSPS) is 12.7. The molecule has 23 heavy (non-hydrogen) atoms. The van der Waals surface area contributed by atoms with E-state index in [1.165, 1.54) is 12.1 Å². The minimum absolute atomic E-state index is 0.122. The van der Waals surface area contributed by atoms with E-state index in [9.17, 15) is 13.2 Å². The van der Waals surface area contributed by atoms with Crippen LogP contribution in [0.25, 0.3) is 0 Å². The summed E-state index contributed by atoms with van der Waals surface area (Å²) in [5.41, 5.74) is 5.89. The molecule has 0 saturated heterocycles. The van der Waals surface area contributed by atoms with Crippen LogP contribution in [0, 0.1) is 0 Å². The third-order valence-corrected chi connectivity index (χ3v) is 5.71. The number of thioether (sulfide) groups is 1. The number of benzene rings is 2. The highest BCUT2D eigenvalue weighted by Crippen LogP contribution is 2.25. The molecule has 0 bridgehead atoms. The number of hydrogen-bond donors (Lipinski definition) is 2. The van der Waals surface area contributed by atoms with E-state index in [4.69, 9.17) is 5.73 Å². The van der Waals surface area contributed by atoms with Crippen LogP contribution in [-0.4, -0.2) is 26.6 Å². The van der Waals surface area contributed by atoms with E-state index in [1.54, 1.807) is 55.1 Å². The van der Waals surface area contributed by atoms with E-state index in [2.05, 4.69) is 5.32 Å². The van der Waals surface area contributed by atoms with Gasteiger partial charge in [-0.15, -0.1) is 11.8 Å². The SMILES string of the molecule is CSc1ccc(S(=O)(=O)c2cccc(NC(=O)C(C)N)c2)cc1. The molecule has 0 heterocycles. The fourth-order valence-electron chi connectivity index (χ4n) is 1.89. The van der Waals surface area contributed by atoms with Gasteiger partial charge in [0.1, 0.15) is 0 Å². The van der Waals surface area contributed by atoms with Gasteiger partial charge in [-0.3, -0.25) is 4.79 Å². The molecule has 122 valence electrons. The zero-order valence-electron chi connectivity index (χ0n) is 12.8. The molecule has 1 atom stereocenters. The van der Waals surface area contributed by atoms with Gasteiger partial charge in [0.05, 0.1) is 15.8 Å². The van der Waals surface area contributed by atoms with Gasteiger partial charge in [0.25, 0.3) is 0 Å². The van der Waals surface area contributed by atoms with Crippen LogP contribution >= 0.6 is 11.8 Å². The Bertz CT molecular complexity index is 800. The van der Waals surface area contributed by atoms with E-state index in [0.29, 0.717) is 5.69 Å². The Morgan fingerprint density at radius 3 is 2.35 bits per heavy atom. The van der Waals surface area contributed by atoms with Gasteiger partial charge in [0.15, 0.2) is 0 Å². The van der Waals surface area contributed by atoms with E-state index < -0.39 is 15.9 Å². The van der Waals surface area contributed by atoms with Gasteiger partial charge in [-0.25, -0.2) is 8.42 Å². The number of hydrogen-bond acceptors (Lipinski definition) is 5. The highest BCUT2D eigenvalue weighted by molar-refractivity contribution is 7.98. The number of anilines is 1. The van der Waals surface area contributed by atoms with Crippen LogP contribution in [0.15, 0.2) is 63.2 Å². The van der Waals surface area contributed by atoms with Crippen LogP contribution in [0.4, 0.5) is 5.69 Å². The molecule has 0 aliphatic heterocycles. The summed E-state index contributed by atoms with van der Waals surface area (Å²) in [6, 6.07) is 12.1. The molecule has 0 fully saturated rings. The van der Waals surface area contributed by atoms with Crippen molar-refractivity contribution in [2.75, 3.05) is 11.6 Å². The zero-order chi connectivity index (χ0) is 17.0. The van der Waals surface area contributed by atoms with Crippen molar-refractivity contribution < 1.29 is 13.2 Å². The number of carbonyl (C=O) groups is 1. The Balaban J connectivity index is 2.34. The molecule has 0 aliphatic rings. The fraction of sp³-hybridized carbons (Fsp3) is 0.188. The summed E-state index contributed by atoms with van der Waals surface area (Å²) < 4.78 is 25.3.